The average Bonchev–Trinajstić information content (AvgIpc) is 3.17. The normalized spacial score (nSPS) is 11.5. The quantitative estimate of drug-likeness (QED) is 0.385. The molecule has 0 fully saturated rings. The molecular formula is C23H17F3N2O3. The first-order chi connectivity index (χ1) is 14.8. The molecule has 0 saturated carbocycles. The van der Waals surface area contributed by atoms with Crippen LogP contribution in [-0.4, -0.2) is 22.5 Å². The number of para-hydroxylation sites is 1. The third kappa shape index (κ3) is 4.37. The highest BCUT2D eigenvalue weighted by atomic mass is 19.4. The van der Waals surface area contributed by atoms with Gasteiger partial charge in [0, 0.05) is 5.56 Å². The number of ether oxygens (including phenoxy) is 2. The molecule has 0 amide bonds. The van der Waals surface area contributed by atoms with Crippen molar-refractivity contribution in [2.45, 2.75) is 13.1 Å². The van der Waals surface area contributed by atoms with Crippen molar-refractivity contribution in [2.75, 3.05) is 6.61 Å². The minimum atomic E-state index is -4.51. The van der Waals surface area contributed by atoms with Crippen molar-refractivity contribution in [3.05, 3.63) is 77.9 Å². The van der Waals surface area contributed by atoms with Gasteiger partial charge in [0.25, 0.3) is 0 Å². The van der Waals surface area contributed by atoms with Crippen LogP contribution in [0.1, 0.15) is 22.8 Å². The first kappa shape index (κ1) is 20.5. The maximum atomic E-state index is 13.1. The molecule has 4 aromatic rings. The Morgan fingerprint density at radius 2 is 1.77 bits per heavy atom. The predicted octanol–water partition coefficient (Wildman–Crippen LogP) is 6.22. The third-order valence-electron chi connectivity index (χ3n) is 4.54. The molecule has 1 N–H and O–H groups in total. The van der Waals surface area contributed by atoms with E-state index in [0.717, 1.165) is 6.07 Å². The van der Waals surface area contributed by atoms with Crippen molar-refractivity contribution in [1.82, 2.24) is 9.97 Å². The van der Waals surface area contributed by atoms with Gasteiger partial charge in [0.05, 0.1) is 28.8 Å². The van der Waals surface area contributed by atoms with Crippen LogP contribution in [0.3, 0.4) is 0 Å². The van der Waals surface area contributed by atoms with Gasteiger partial charge < -0.3 is 14.5 Å². The summed E-state index contributed by atoms with van der Waals surface area (Å²) < 4.78 is 49.9. The smallest absolute Gasteiger partial charge is 0.419 e. The van der Waals surface area contributed by atoms with Crippen LogP contribution in [0.25, 0.3) is 22.4 Å². The van der Waals surface area contributed by atoms with Gasteiger partial charge in [-0.1, -0.05) is 12.1 Å². The van der Waals surface area contributed by atoms with Crippen molar-refractivity contribution >= 4 is 17.0 Å². The monoisotopic (exact) mass is 426 g/mol. The Hall–Kier alpha value is -3.81. The minimum absolute atomic E-state index is 0.265. The lowest BCUT2D eigenvalue weighted by atomic mass is 10.2. The molecule has 0 spiro atoms. The first-order valence-electron chi connectivity index (χ1n) is 9.46. The molecule has 0 bridgehead atoms. The van der Waals surface area contributed by atoms with Crippen LogP contribution in [0.5, 0.6) is 11.5 Å². The van der Waals surface area contributed by atoms with Crippen LogP contribution in [0.15, 0.2) is 66.7 Å². The second-order valence-electron chi connectivity index (χ2n) is 6.66. The van der Waals surface area contributed by atoms with E-state index in [1.54, 1.807) is 49.4 Å². The van der Waals surface area contributed by atoms with Crippen LogP contribution in [-0.2, 0) is 10.9 Å². The average molecular weight is 426 g/mol. The maximum Gasteiger partial charge on any atom is 0.419 e. The van der Waals surface area contributed by atoms with Gasteiger partial charge in [-0.2, -0.15) is 13.2 Å². The number of benzene rings is 3. The van der Waals surface area contributed by atoms with Crippen molar-refractivity contribution < 1.29 is 27.4 Å². The van der Waals surface area contributed by atoms with E-state index in [1.807, 2.05) is 0 Å². The molecule has 158 valence electrons. The Morgan fingerprint density at radius 1 is 1.03 bits per heavy atom. The van der Waals surface area contributed by atoms with Crippen LogP contribution in [0.4, 0.5) is 13.2 Å². The van der Waals surface area contributed by atoms with Crippen molar-refractivity contribution in [3.63, 3.8) is 0 Å². The molecule has 3 aromatic carbocycles. The van der Waals surface area contributed by atoms with E-state index in [9.17, 15) is 18.0 Å². The van der Waals surface area contributed by atoms with Gasteiger partial charge in [0.2, 0.25) is 0 Å². The Balaban J connectivity index is 1.57. The van der Waals surface area contributed by atoms with Gasteiger partial charge in [0.15, 0.2) is 0 Å². The minimum Gasteiger partial charge on any atom is -0.462 e. The van der Waals surface area contributed by atoms with Gasteiger partial charge in [-0.3, -0.25) is 0 Å². The lowest BCUT2D eigenvalue weighted by Crippen LogP contribution is -2.06. The highest BCUT2D eigenvalue weighted by molar-refractivity contribution is 5.94. The zero-order chi connectivity index (χ0) is 22.0. The van der Waals surface area contributed by atoms with Gasteiger partial charge in [0.1, 0.15) is 17.3 Å². The van der Waals surface area contributed by atoms with Gasteiger partial charge in [-0.15, -0.1) is 0 Å². The van der Waals surface area contributed by atoms with Gasteiger partial charge in [-0.05, 0) is 61.5 Å². The second-order valence-corrected chi connectivity index (χ2v) is 6.66. The number of imidazole rings is 1. The SMILES string of the molecule is CCOC(=O)c1ccc2nc(-c3ccc(Oc4ccccc4C(F)(F)F)cc3)[nH]c2c1. The summed E-state index contributed by atoms with van der Waals surface area (Å²) in [5.74, 6) is 0.138. The zero-order valence-corrected chi connectivity index (χ0v) is 16.4. The first-order valence-corrected chi connectivity index (χ1v) is 9.46. The van der Waals surface area contributed by atoms with Crippen molar-refractivity contribution in [2.24, 2.45) is 0 Å². The molecule has 1 aromatic heterocycles. The van der Waals surface area contributed by atoms with E-state index < -0.39 is 17.7 Å². The summed E-state index contributed by atoms with van der Waals surface area (Å²) in [7, 11) is 0. The van der Waals surface area contributed by atoms with Gasteiger partial charge >= 0.3 is 12.1 Å². The Kier molecular flexibility index (Phi) is 5.37. The number of rotatable bonds is 5. The predicted molar refractivity (Wildman–Crippen MR) is 109 cm³/mol. The number of alkyl halides is 3. The van der Waals surface area contributed by atoms with Crippen LogP contribution in [0, 0.1) is 0 Å². The molecule has 31 heavy (non-hydrogen) atoms. The van der Waals surface area contributed by atoms with Gasteiger partial charge in [-0.25, -0.2) is 9.78 Å². The van der Waals surface area contributed by atoms with Crippen LogP contribution >= 0.6 is 0 Å². The van der Waals surface area contributed by atoms with E-state index in [0.29, 0.717) is 28.0 Å². The molecular weight excluding hydrogens is 409 g/mol. The Labute approximate surface area is 175 Å². The fourth-order valence-electron chi connectivity index (χ4n) is 3.09. The number of hydrogen-bond donors (Lipinski definition) is 1. The summed E-state index contributed by atoms with van der Waals surface area (Å²) in [6, 6.07) is 16.6. The third-order valence-corrected chi connectivity index (χ3v) is 4.54. The summed E-state index contributed by atoms with van der Waals surface area (Å²) in [6.45, 7) is 2.02. The standard InChI is InChI=1S/C23H17F3N2O3/c1-2-30-22(29)15-9-12-18-19(13-15)28-21(27-18)14-7-10-16(11-8-14)31-20-6-4-3-5-17(20)23(24,25)26/h3-13H,2H2,1H3,(H,27,28). The highest BCUT2D eigenvalue weighted by Crippen LogP contribution is 2.38. The number of hydrogen-bond acceptors (Lipinski definition) is 4. The molecule has 8 heteroatoms. The molecule has 5 nitrogen and oxygen atoms in total. The van der Waals surface area contributed by atoms with Crippen LogP contribution in [0.2, 0.25) is 0 Å². The fraction of sp³-hybridized carbons (Fsp3) is 0.130. The molecule has 1 heterocycles. The molecule has 0 unspecified atom stereocenters. The number of fused-ring (bicyclic) bond motifs is 1. The van der Waals surface area contributed by atoms with E-state index >= 15 is 0 Å². The highest BCUT2D eigenvalue weighted by Gasteiger charge is 2.34. The fourth-order valence-corrected chi connectivity index (χ4v) is 3.09. The van der Waals surface area contributed by atoms with Crippen molar-refractivity contribution in [1.29, 1.82) is 0 Å². The number of nitrogens with one attached hydrogen (secondary N) is 1. The second kappa shape index (κ2) is 8.14. The number of aromatic nitrogens is 2. The number of esters is 1. The molecule has 0 aliphatic carbocycles. The largest absolute Gasteiger partial charge is 0.462 e. The molecule has 0 radical (unpaired) electrons. The summed E-state index contributed by atoms with van der Waals surface area (Å²) in [4.78, 5) is 19.5. The number of carbonyl (C=O) groups is 1. The Bertz CT molecular complexity index is 1230. The van der Waals surface area contributed by atoms with Crippen LogP contribution < -0.4 is 4.74 Å². The number of carbonyl (C=O) groups excluding carboxylic acids is 1. The number of halogens is 3. The molecule has 0 saturated heterocycles. The summed E-state index contributed by atoms with van der Waals surface area (Å²) >= 11 is 0. The van der Waals surface area contributed by atoms with E-state index in [-0.39, 0.29) is 18.1 Å². The topological polar surface area (TPSA) is 64.2 Å². The number of H-pyrrole nitrogens is 1. The zero-order valence-electron chi connectivity index (χ0n) is 16.4. The van der Waals surface area contributed by atoms with E-state index in [4.69, 9.17) is 9.47 Å². The summed E-state index contributed by atoms with van der Waals surface area (Å²) in [5, 5.41) is 0. The molecule has 0 aliphatic heterocycles. The molecule has 0 aliphatic rings. The molecule has 4 rings (SSSR count). The lowest BCUT2D eigenvalue weighted by Gasteiger charge is -2.13. The van der Waals surface area contributed by atoms with E-state index in [2.05, 4.69) is 9.97 Å². The Morgan fingerprint density at radius 3 is 2.48 bits per heavy atom. The summed E-state index contributed by atoms with van der Waals surface area (Å²) in [6.07, 6.45) is -4.51. The van der Waals surface area contributed by atoms with Crippen molar-refractivity contribution in [3.8, 4) is 22.9 Å². The number of nitrogens with zero attached hydrogens (tertiary/aromatic N) is 1. The van der Waals surface area contributed by atoms with E-state index in [1.165, 1.54) is 18.2 Å². The summed E-state index contributed by atoms with van der Waals surface area (Å²) in [5.41, 5.74) is 1.62. The maximum absolute atomic E-state index is 13.1. The number of aromatic amines is 1. The lowest BCUT2D eigenvalue weighted by molar-refractivity contribution is -0.138. The molecule has 0 atom stereocenters.